The van der Waals surface area contributed by atoms with E-state index in [0.29, 0.717) is 0 Å². The predicted molar refractivity (Wildman–Crippen MR) is 74.3 cm³/mol. The molecule has 0 aromatic heterocycles. The quantitative estimate of drug-likeness (QED) is 0.919. The number of amides is 2. The van der Waals surface area contributed by atoms with Crippen molar-refractivity contribution in [2.24, 2.45) is 0 Å². The molecule has 1 aromatic rings. The van der Waals surface area contributed by atoms with E-state index in [4.69, 9.17) is 0 Å². The van der Waals surface area contributed by atoms with E-state index in [0.717, 1.165) is 0 Å². The summed E-state index contributed by atoms with van der Waals surface area (Å²) in [5.41, 5.74) is 0.194. The monoisotopic (exact) mass is 330 g/mol. The van der Waals surface area contributed by atoms with Crippen molar-refractivity contribution < 1.29 is 14.0 Å². The number of carbonyl (C=O) groups is 2. The average Bonchev–Trinajstić information content (AvgIpc) is 2.30. The van der Waals surface area contributed by atoms with Crippen LogP contribution in [0, 0.1) is 5.82 Å². The number of hydrogen-bond acceptors (Lipinski definition) is 2. The molecule has 0 saturated carbocycles. The molecule has 1 rings (SSSR count). The topological polar surface area (TPSA) is 49.4 Å². The smallest absolute Gasteiger partial charge is 0.255 e. The van der Waals surface area contributed by atoms with Crippen LogP contribution in [0.15, 0.2) is 22.7 Å². The molecule has 19 heavy (non-hydrogen) atoms. The Morgan fingerprint density at radius 2 is 2.05 bits per heavy atom. The lowest BCUT2D eigenvalue weighted by atomic mass is 10.2. The number of rotatable bonds is 4. The fourth-order valence-corrected chi connectivity index (χ4v) is 1.96. The van der Waals surface area contributed by atoms with Gasteiger partial charge < -0.3 is 10.2 Å². The maximum absolute atomic E-state index is 13.3. The summed E-state index contributed by atoms with van der Waals surface area (Å²) < 4.78 is 13.4. The Labute approximate surface area is 120 Å². The molecule has 0 aliphatic carbocycles. The fraction of sp³-hybridized carbons (Fsp3) is 0.385. The van der Waals surface area contributed by atoms with Gasteiger partial charge in [-0.05, 0) is 41.9 Å². The fourth-order valence-electron chi connectivity index (χ4n) is 1.53. The van der Waals surface area contributed by atoms with E-state index in [2.05, 4.69) is 21.2 Å². The minimum absolute atomic E-state index is 0.0110. The number of halogens is 2. The van der Waals surface area contributed by atoms with Crippen LogP contribution in [0.4, 0.5) is 4.39 Å². The first-order chi connectivity index (χ1) is 8.82. The predicted octanol–water partition coefficient (Wildman–Crippen LogP) is 2.18. The number of benzene rings is 1. The van der Waals surface area contributed by atoms with Crippen molar-refractivity contribution in [3.63, 3.8) is 0 Å². The van der Waals surface area contributed by atoms with Crippen LogP contribution in [0.2, 0.25) is 0 Å². The second kappa shape index (κ2) is 6.65. The minimum Gasteiger partial charge on any atom is -0.352 e. The molecule has 1 N–H and O–H groups in total. The first-order valence-electron chi connectivity index (χ1n) is 5.81. The largest absolute Gasteiger partial charge is 0.352 e. The third-order valence-corrected chi connectivity index (χ3v) is 3.17. The van der Waals surface area contributed by atoms with Crippen LogP contribution in [0.5, 0.6) is 0 Å². The first-order valence-corrected chi connectivity index (χ1v) is 6.61. The van der Waals surface area contributed by atoms with Gasteiger partial charge in [-0.15, -0.1) is 0 Å². The molecule has 0 heterocycles. The first kappa shape index (κ1) is 15.6. The number of nitrogens with zero attached hydrogens (tertiary/aromatic N) is 1. The third kappa shape index (κ3) is 4.31. The summed E-state index contributed by atoms with van der Waals surface area (Å²) in [6, 6.07) is 4.23. The van der Waals surface area contributed by atoms with Crippen molar-refractivity contribution in [3.8, 4) is 0 Å². The van der Waals surface area contributed by atoms with Gasteiger partial charge in [0.25, 0.3) is 5.91 Å². The van der Waals surface area contributed by atoms with E-state index in [9.17, 15) is 14.0 Å². The number of nitrogens with one attached hydrogen (secondary N) is 1. The van der Waals surface area contributed by atoms with Gasteiger partial charge in [-0.3, -0.25) is 9.59 Å². The number of likely N-dealkylation sites (N-methyl/N-ethyl adjacent to an activating group) is 1. The summed E-state index contributed by atoms with van der Waals surface area (Å²) in [5, 5.41) is 2.69. The summed E-state index contributed by atoms with van der Waals surface area (Å²) in [6.07, 6.45) is 0. The van der Waals surface area contributed by atoms with Gasteiger partial charge in [0, 0.05) is 13.1 Å². The van der Waals surface area contributed by atoms with E-state index < -0.39 is 11.7 Å². The van der Waals surface area contributed by atoms with Crippen molar-refractivity contribution in [1.82, 2.24) is 10.2 Å². The lowest BCUT2D eigenvalue weighted by Gasteiger charge is -2.18. The van der Waals surface area contributed by atoms with Gasteiger partial charge in [-0.1, -0.05) is 6.07 Å². The van der Waals surface area contributed by atoms with Gasteiger partial charge in [0.15, 0.2) is 0 Å². The molecular weight excluding hydrogens is 315 g/mol. The third-order valence-electron chi connectivity index (χ3n) is 2.36. The summed E-state index contributed by atoms with van der Waals surface area (Å²) in [5.74, 6) is -1.17. The van der Waals surface area contributed by atoms with Gasteiger partial charge in [0.2, 0.25) is 5.91 Å². The van der Waals surface area contributed by atoms with Crippen LogP contribution in [0.1, 0.15) is 24.2 Å². The molecule has 6 heteroatoms. The van der Waals surface area contributed by atoms with Gasteiger partial charge in [0.1, 0.15) is 5.82 Å². The molecule has 0 fully saturated rings. The highest BCUT2D eigenvalue weighted by Crippen LogP contribution is 2.21. The number of carbonyl (C=O) groups excluding carboxylic acids is 2. The zero-order chi connectivity index (χ0) is 14.6. The Kier molecular flexibility index (Phi) is 5.47. The van der Waals surface area contributed by atoms with Crippen LogP contribution in [0.3, 0.4) is 0 Å². The molecule has 0 aliphatic heterocycles. The summed E-state index contributed by atoms with van der Waals surface area (Å²) >= 11 is 3.03. The van der Waals surface area contributed by atoms with E-state index in [1.54, 1.807) is 0 Å². The van der Waals surface area contributed by atoms with Gasteiger partial charge >= 0.3 is 0 Å². The second-order valence-electron chi connectivity index (χ2n) is 4.48. The Hall–Kier alpha value is -1.43. The van der Waals surface area contributed by atoms with Crippen LogP contribution in [0.25, 0.3) is 0 Å². The molecule has 0 spiro atoms. The highest BCUT2D eigenvalue weighted by atomic mass is 79.9. The Balaban J connectivity index is 2.77. The van der Waals surface area contributed by atoms with E-state index >= 15 is 0 Å². The zero-order valence-electron chi connectivity index (χ0n) is 11.0. The van der Waals surface area contributed by atoms with Gasteiger partial charge in [0.05, 0.1) is 16.6 Å². The normalized spacial score (nSPS) is 10.4. The Morgan fingerprint density at radius 1 is 1.42 bits per heavy atom. The minimum atomic E-state index is -0.508. The van der Waals surface area contributed by atoms with Crippen LogP contribution in [-0.2, 0) is 4.79 Å². The summed E-state index contributed by atoms with van der Waals surface area (Å²) in [4.78, 5) is 24.9. The van der Waals surface area contributed by atoms with Crippen molar-refractivity contribution in [3.05, 3.63) is 34.1 Å². The highest BCUT2D eigenvalue weighted by Gasteiger charge is 2.19. The summed E-state index contributed by atoms with van der Waals surface area (Å²) in [7, 11) is 1.50. The molecular formula is C13H16BrFN2O2. The van der Waals surface area contributed by atoms with Crippen LogP contribution < -0.4 is 5.32 Å². The molecule has 2 amide bonds. The maximum atomic E-state index is 13.3. The number of hydrogen-bond donors (Lipinski definition) is 1. The van der Waals surface area contributed by atoms with Crippen molar-refractivity contribution in [2.75, 3.05) is 13.6 Å². The molecule has 0 saturated heterocycles. The molecule has 0 bridgehead atoms. The SMILES string of the molecule is CC(C)NC(=O)CN(C)C(=O)c1cccc(F)c1Br. The molecule has 4 nitrogen and oxygen atoms in total. The Bertz CT molecular complexity index is 492. The maximum Gasteiger partial charge on any atom is 0.255 e. The van der Waals surface area contributed by atoms with E-state index in [1.807, 2.05) is 13.8 Å². The standard InChI is InChI=1S/C13H16BrFN2O2/c1-8(2)16-11(18)7-17(3)13(19)9-5-4-6-10(15)12(9)14/h4-6,8H,7H2,1-3H3,(H,16,18). The van der Waals surface area contributed by atoms with Crippen molar-refractivity contribution in [2.45, 2.75) is 19.9 Å². The van der Waals surface area contributed by atoms with Gasteiger partial charge in [-0.2, -0.15) is 0 Å². The molecule has 1 aromatic carbocycles. The van der Waals surface area contributed by atoms with E-state index in [-0.39, 0.29) is 28.5 Å². The lowest BCUT2D eigenvalue weighted by molar-refractivity contribution is -0.122. The lowest BCUT2D eigenvalue weighted by Crippen LogP contribution is -2.40. The molecule has 104 valence electrons. The zero-order valence-corrected chi connectivity index (χ0v) is 12.6. The van der Waals surface area contributed by atoms with Crippen LogP contribution in [-0.4, -0.2) is 36.3 Å². The highest BCUT2D eigenvalue weighted by molar-refractivity contribution is 9.10. The Morgan fingerprint density at radius 3 is 2.63 bits per heavy atom. The molecule has 0 atom stereocenters. The average molecular weight is 331 g/mol. The van der Waals surface area contributed by atoms with Crippen molar-refractivity contribution >= 4 is 27.7 Å². The summed E-state index contributed by atoms with van der Waals surface area (Å²) in [6.45, 7) is 3.60. The molecule has 0 aliphatic rings. The second-order valence-corrected chi connectivity index (χ2v) is 5.28. The van der Waals surface area contributed by atoms with E-state index in [1.165, 1.54) is 30.1 Å². The van der Waals surface area contributed by atoms with Crippen molar-refractivity contribution in [1.29, 1.82) is 0 Å². The molecule has 0 radical (unpaired) electrons. The van der Waals surface area contributed by atoms with Gasteiger partial charge in [-0.25, -0.2) is 4.39 Å². The molecule has 0 unspecified atom stereocenters. The van der Waals surface area contributed by atoms with Crippen LogP contribution >= 0.6 is 15.9 Å².